The van der Waals surface area contributed by atoms with E-state index in [1.54, 1.807) is 7.11 Å². The van der Waals surface area contributed by atoms with Gasteiger partial charge in [-0.2, -0.15) is 0 Å². The molecule has 1 aromatic rings. The highest BCUT2D eigenvalue weighted by Crippen LogP contribution is 2.41. The fourth-order valence-corrected chi connectivity index (χ4v) is 3.34. The summed E-state index contributed by atoms with van der Waals surface area (Å²) in [6.45, 7) is 6.53. The van der Waals surface area contributed by atoms with Crippen LogP contribution in [0.1, 0.15) is 33.1 Å². The first-order chi connectivity index (χ1) is 9.11. The highest BCUT2D eigenvalue weighted by Gasteiger charge is 2.38. The Balaban J connectivity index is 2.32. The summed E-state index contributed by atoms with van der Waals surface area (Å²) >= 11 is 0. The zero-order chi connectivity index (χ0) is 13.9. The van der Waals surface area contributed by atoms with Crippen molar-refractivity contribution in [2.45, 2.75) is 38.6 Å². The summed E-state index contributed by atoms with van der Waals surface area (Å²) < 4.78 is 5.52. The van der Waals surface area contributed by atoms with E-state index < -0.39 is 0 Å². The monoisotopic (exact) mass is 262 g/mol. The maximum absolute atomic E-state index is 5.78. The van der Waals surface area contributed by atoms with Crippen molar-refractivity contribution in [3.05, 3.63) is 24.3 Å². The summed E-state index contributed by atoms with van der Waals surface area (Å²) in [6, 6.07) is 8.31. The van der Waals surface area contributed by atoms with Crippen LogP contribution in [0.3, 0.4) is 0 Å². The standard InChI is InChI=1S/C16H26N2O/c1-16(2)13(10-11-17)7-6-12-18(16)14-8-4-5-9-15(14)19-3/h4-5,8-9,13H,6-7,10-12,17H2,1-3H3. The SMILES string of the molecule is COc1ccccc1N1CCCC(CCN)C1(C)C. The van der Waals surface area contributed by atoms with Crippen LogP contribution in [0.5, 0.6) is 5.75 Å². The second-order valence-corrected chi connectivity index (χ2v) is 5.89. The van der Waals surface area contributed by atoms with E-state index in [9.17, 15) is 0 Å². The van der Waals surface area contributed by atoms with Crippen molar-refractivity contribution in [1.82, 2.24) is 0 Å². The van der Waals surface area contributed by atoms with Crippen LogP contribution in [0.15, 0.2) is 24.3 Å². The fraction of sp³-hybridized carbons (Fsp3) is 0.625. The number of para-hydroxylation sites is 2. The Morgan fingerprint density at radius 2 is 2.11 bits per heavy atom. The summed E-state index contributed by atoms with van der Waals surface area (Å²) in [7, 11) is 1.74. The Bertz CT molecular complexity index is 415. The van der Waals surface area contributed by atoms with E-state index >= 15 is 0 Å². The van der Waals surface area contributed by atoms with Crippen molar-refractivity contribution >= 4 is 5.69 Å². The lowest BCUT2D eigenvalue weighted by Crippen LogP contribution is -2.54. The molecule has 0 radical (unpaired) electrons. The van der Waals surface area contributed by atoms with E-state index in [2.05, 4.69) is 30.9 Å². The molecule has 106 valence electrons. The quantitative estimate of drug-likeness (QED) is 0.906. The van der Waals surface area contributed by atoms with Crippen LogP contribution in [0.25, 0.3) is 0 Å². The van der Waals surface area contributed by atoms with E-state index in [0.29, 0.717) is 5.92 Å². The lowest BCUT2D eigenvalue weighted by molar-refractivity contribution is 0.226. The molecule has 3 nitrogen and oxygen atoms in total. The third-order valence-corrected chi connectivity index (χ3v) is 4.52. The highest BCUT2D eigenvalue weighted by atomic mass is 16.5. The van der Waals surface area contributed by atoms with E-state index in [0.717, 1.165) is 25.3 Å². The Labute approximate surface area is 116 Å². The van der Waals surface area contributed by atoms with Gasteiger partial charge < -0.3 is 15.4 Å². The van der Waals surface area contributed by atoms with Crippen LogP contribution in [0.4, 0.5) is 5.69 Å². The smallest absolute Gasteiger partial charge is 0.142 e. The maximum Gasteiger partial charge on any atom is 0.142 e. The molecule has 1 saturated heterocycles. The molecule has 0 aromatic heterocycles. The molecule has 2 N–H and O–H groups in total. The van der Waals surface area contributed by atoms with Gasteiger partial charge in [0.05, 0.1) is 12.8 Å². The number of piperidine rings is 1. The largest absolute Gasteiger partial charge is 0.495 e. The minimum Gasteiger partial charge on any atom is -0.495 e. The lowest BCUT2D eigenvalue weighted by atomic mass is 9.77. The van der Waals surface area contributed by atoms with Gasteiger partial charge in [0.25, 0.3) is 0 Å². The van der Waals surface area contributed by atoms with Crippen LogP contribution in [-0.4, -0.2) is 25.7 Å². The molecule has 0 aliphatic carbocycles. The normalized spacial score (nSPS) is 22.3. The number of nitrogens with two attached hydrogens (primary N) is 1. The number of hydrogen-bond donors (Lipinski definition) is 1. The second-order valence-electron chi connectivity index (χ2n) is 5.89. The topological polar surface area (TPSA) is 38.5 Å². The van der Waals surface area contributed by atoms with E-state index in [1.165, 1.54) is 18.5 Å². The molecule has 0 bridgehead atoms. The van der Waals surface area contributed by atoms with Crippen LogP contribution in [0.2, 0.25) is 0 Å². The number of methoxy groups -OCH3 is 1. The van der Waals surface area contributed by atoms with Crippen LogP contribution in [0, 0.1) is 5.92 Å². The number of anilines is 1. The van der Waals surface area contributed by atoms with Gasteiger partial charge in [0.15, 0.2) is 0 Å². The van der Waals surface area contributed by atoms with Crippen molar-refractivity contribution in [1.29, 1.82) is 0 Å². The predicted molar refractivity (Wildman–Crippen MR) is 80.8 cm³/mol. The van der Waals surface area contributed by atoms with Crippen molar-refractivity contribution in [3.63, 3.8) is 0 Å². The van der Waals surface area contributed by atoms with Crippen molar-refractivity contribution < 1.29 is 4.74 Å². The summed E-state index contributed by atoms with van der Waals surface area (Å²) in [5.41, 5.74) is 7.11. The van der Waals surface area contributed by atoms with Crippen molar-refractivity contribution in [2.75, 3.05) is 25.1 Å². The van der Waals surface area contributed by atoms with Crippen molar-refractivity contribution in [2.24, 2.45) is 11.7 Å². The number of rotatable bonds is 4. The first kappa shape index (κ1) is 14.2. The van der Waals surface area contributed by atoms with E-state index in [-0.39, 0.29) is 5.54 Å². The average molecular weight is 262 g/mol. The first-order valence-electron chi connectivity index (χ1n) is 7.22. The third-order valence-electron chi connectivity index (χ3n) is 4.52. The summed E-state index contributed by atoms with van der Waals surface area (Å²) in [6.07, 6.45) is 3.60. The number of hydrogen-bond acceptors (Lipinski definition) is 3. The van der Waals surface area contributed by atoms with E-state index in [1.807, 2.05) is 12.1 Å². The number of nitrogens with zero attached hydrogens (tertiary/aromatic N) is 1. The summed E-state index contributed by atoms with van der Waals surface area (Å²) in [4.78, 5) is 2.50. The second kappa shape index (κ2) is 5.83. The van der Waals surface area contributed by atoms with Crippen LogP contribution >= 0.6 is 0 Å². The number of ether oxygens (including phenoxy) is 1. The minimum absolute atomic E-state index is 0.131. The lowest BCUT2D eigenvalue weighted by Gasteiger charge is -2.50. The van der Waals surface area contributed by atoms with Crippen molar-refractivity contribution in [3.8, 4) is 5.75 Å². The van der Waals surface area contributed by atoms with Gasteiger partial charge in [0.1, 0.15) is 5.75 Å². The summed E-state index contributed by atoms with van der Waals surface area (Å²) in [5.74, 6) is 1.61. The molecule has 1 aliphatic heterocycles. The zero-order valence-corrected chi connectivity index (χ0v) is 12.4. The molecule has 0 spiro atoms. The molecule has 1 aliphatic rings. The Morgan fingerprint density at radius 1 is 1.37 bits per heavy atom. The molecular formula is C16H26N2O. The number of benzene rings is 1. The zero-order valence-electron chi connectivity index (χ0n) is 12.4. The molecule has 1 heterocycles. The fourth-order valence-electron chi connectivity index (χ4n) is 3.34. The molecular weight excluding hydrogens is 236 g/mol. The van der Waals surface area contributed by atoms with E-state index in [4.69, 9.17) is 10.5 Å². The van der Waals surface area contributed by atoms with Gasteiger partial charge in [-0.05, 0) is 57.7 Å². The van der Waals surface area contributed by atoms with Gasteiger partial charge in [-0.25, -0.2) is 0 Å². The molecule has 19 heavy (non-hydrogen) atoms. The average Bonchev–Trinajstić information content (AvgIpc) is 2.41. The minimum atomic E-state index is 0.131. The Hall–Kier alpha value is -1.22. The molecule has 1 atom stereocenters. The molecule has 3 heteroatoms. The van der Waals surface area contributed by atoms with Gasteiger partial charge in [-0.15, -0.1) is 0 Å². The van der Waals surface area contributed by atoms with Gasteiger partial charge in [0.2, 0.25) is 0 Å². The Kier molecular flexibility index (Phi) is 4.35. The molecule has 1 unspecified atom stereocenters. The third kappa shape index (κ3) is 2.71. The first-order valence-corrected chi connectivity index (χ1v) is 7.22. The van der Waals surface area contributed by atoms with Gasteiger partial charge in [-0.3, -0.25) is 0 Å². The van der Waals surface area contributed by atoms with Gasteiger partial charge in [-0.1, -0.05) is 12.1 Å². The molecule has 0 amide bonds. The van der Waals surface area contributed by atoms with Crippen LogP contribution in [-0.2, 0) is 0 Å². The van der Waals surface area contributed by atoms with Gasteiger partial charge >= 0.3 is 0 Å². The maximum atomic E-state index is 5.78. The highest BCUT2D eigenvalue weighted by molar-refractivity contribution is 5.60. The van der Waals surface area contributed by atoms with Gasteiger partial charge in [0, 0.05) is 12.1 Å². The Morgan fingerprint density at radius 3 is 2.79 bits per heavy atom. The molecule has 1 aromatic carbocycles. The molecule has 0 saturated carbocycles. The van der Waals surface area contributed by atoms with Crippen LogP contribution < -0.4 is 15.4 Å². The molecule has 2 rings (SSSR count). The molecule has 1 fully saturated rings. The summed E-state index contributed by atoms with van der Waals surface area (Å²) in [5, 5.41) is 0. The predicted octanol–water partition coefficient (Wildman–Crippen LogP) is 3.04.